The Labute approximate surface area is 153 Å². The van der Waals surface area contributed by atoms with E-state index < -0.39 is 0 Å². The molecular weight excluding hydrogens is 362 g/mol. The number of nitrogens with one attached hydrogen (secondary N) is 1. The first kappa shape index (κ1) is 17.2. The van der Waals surface area contributed by atoms with Crippen LogP contribution in [-0.4, -0.2) is 38.5 Å². The van der Waals surface area contributed by atoms with Crippen LogP contribution in [0.3, 0.4) is 0 Å². The highest BCUT2D eigenvalue weighted by atomic mass is 35.5. The van der Waals surface area contributed by atoms with Crippen molar-refractivity contribution >= 4 is 35.0 Å². The molecule has 2 heterocycles. The summed E-state index contributed by atoms with van der Waals surface area (Å²) in [7, 11) is 1.54. The van der Waals surface area contributed by atoms with E-state index in [2.05, 4.69) is 20.4 Å². The number of nitrogens with zero attached hydrogens (tertiary/aromatic N) is 4. The molecule has 1 amide bonds. The van der Waals surface area contributed by atoms with Crippen molar-refractivity contribution in [2.45, 2.75) is 5.03 Å². The average Bonchev–Trinajstić information content (AvgIpc) is 3.15. The lowest BCUT2D eigenvalue weighted by Gasteiger charge is -2.08. The molecule has 128 valence electrons. The number of carbonyl (C=O) groups is 1. The molecule has 0 saturated carbocycles. The van der Waals surface area contributed by atoms with Gasteiger partial charge in [-0.1, -0.05) is 23.4 Å². The van der Waals surface area contributed by atoms with Gasteiger partial charge < -0.3 is 10.1 Å². The fourth-order valence-corrected chi connectivity index (χ4v) is 2.94. The zero-order chi connectivity index (χ0) is 17.6. The second-order valence-corrected chi connectivity index (χ2v) is 6.25. The number of hydrogen-bond acceptors (Lipinski definition) is 6. The highest BCUT2D eigenvalue weighted by molar-refractivity contribution is 7.99. The molecule has 0 radical (unpaired) electrons. The minimum Gasteiger partial charge on any atom is -0.495 e. The minimum atomic E-state index is -0.162. The van der Waals surface area contributed by atoms with Crippen molar-refractivity contribution in [1.29, 1.82) is 0 Å². The lowest BCUT2D eigenvalue weighted by atomic mass is 10.3. The first-order valence-corrected chi connectivity index (χ1v) is 8.60. The molecule has 0 aliphatic heterocycles. The van der Waals surface area contributed by atoms with E-state index in [0.29, 0.717) is 27.3 Å². The molecule has 7 nitrogen and oxygen atoms in total. The SMILES string of the molecule is COc1ccc(NC(=O)CSc2cc(-n3cccn3)ncn2)cc1Cl. The average molecular weight is 376 g/mol. The fraction of sp³-hybridized carbons (Fsp3) is 0.125. The number of aromatic nitrogens is 4. The first-order chi connectivity index (χ1) is 12.2. The number of amides is 1. The maximum absolute atomic E-state index is 12.1. The van der Waals surface area contributed by atoms with Gasteiger partial charge in [0.25, 0.3) is 0 Å². The monoisotopic (exact) mass is 375 g/mol. The van der Waals surface area contributed by atoms with Gasteiger partial charge in [0.1, 0.15) is 17.1 Å². The van der Waals surface area contributed by atoms with Gasteiger partial charge in [-0.25, -0.2) is 14.6 Å². The molecule has 25 heavy (non-hydrogen) atoms. The van der Waals surface area contributed by atoms with Crippen LogP contribution in [0.15, 0.2) is 54.1 Å². The highest BCUT2D eigenvalue weighted by Crippen LogP contribution is 2.27. The van der Waals surface area contributed by atoms with E-state index in [1.54, 1.807) is 41.3 Å². The van der Waals surface area contributed by atoms with Crippen molar-refractivity contribution in [1.82, 2.24) is 19.7 Å². The van der Waals surface area contributed by atoms with Crippen LogP contribution in [0.25, 0.3) is 5.82 Å². The summed E-state index contributed by atoms with van der Waals surface area (Å²) in [5.74, 6) is 1.25. The number of thioether (sulfide) groups is 1. The molecule has 3 rings (SSSR count). The third-order valence-corrected chi connectivity index (χ3v) is 4.37. The van der Waals surface area contributed by atoms with Gasteiger partial charge in [0.05, 0.1) is 17.9 Å². The molecule has 0 atom stereocenters. The van der Waals surface area contributed by atoms with Crippen LogP contribution in [0.5, 0.6) is 5.75 Å². The van der Waals surface area contributed by atoms with Crippen molar-refractivity contribution in [3.63, 3.8) is 0 Å². The molecule has 1 N–H and O–H groups in total. The van der Waals surface area contributed by atoms with Crippen LogP contribution >= 0.6 is 23.4 Å². The van der Waals surface area contributed by atoms with Gasteiger partial charge in [0.2, 0.25) is 5.91 Å². The van der Waals surface area contributed by atoms with E-state index in [1.807, 2.05) is 6.07 Å². The van der Waals surface area contributed by atoms with Gasteiger partial charge in [-0.3, -0.25) is 4.79 Å². The first-order valence-electron chi connectivity index (χ1n) is 7.24. The van der Waals surface area contributed by atoms with Crippen LogP contribution in [0.4, 0.5) is 5.69 Å². The number of carbonyl (C=O) groups excluding carboxylic acids is 1. The van der Waals surface area contributed by atoms with Crippen LogP contribution in [0.1, 0.15) is 0 Å². The molecular formula is C16H14ClN5O2S. The number of methoxy groups -OCH3 is 1. The zero-order valence-electron chi connectivity index (χ0n) is 13.2. The van der Waals surface area contributed by atoms with E-state index in [-0.39, 0.29) is 11.7 Å². The van der Waals surface area contributed by atoms with Gasteiger partial charge in [-0.05, 0) is 24.3 Å². The summed E-state index contributed by atoms with van der Waals surface area (Å²) in [4.78, 5) is 20.4. The molecule has 0 bridgehead atoms. The van der Waals surface area contributed by atoms with E-state index in [0.717, 1.165) is 0 Å². The number of hydrogen-bond donors (Lipinski definition) is 1. The second-order valence-electron chi connectivity index (χ2n) is 4.85. The molecule has 0 aliphatic carbocycles. The summed E-state index contributed by atoms with van der Waals surface area (Å²) in [6.45, 7) is 0. The molecule has 9 heteroatoms. The fourth-order valence-electron chi connectivity index (χ4n) is 2.02. The topological polar surface area (TPSA) is 81.9 Å². The third-order valence-electron chi connectivity index (χ3n) is 3.15. The molecule has 1 aromatic carbocycles. The Morgan fingerprint density at radius 1 is 1.36 bits per heavy atom. The maximum Gasteiger partial charge on any atom is 0.234 e. The van der Waals surface area contributed by atoms with E-state index in [9.17, 15) is 4.79 Å². The Morgan fingerprint density at radius 3 is 2.96 bits per heavy atom. The third kappa shape index (κ3) is 4.49. The molecule has 0 spiro atoms. The number of ether oxygens (including phenoxy) is 1. The molecule has 0 fully saturated rings. The van der Waals surface area contributed by atoms with Gasteiger partial charge in [0, 0.05) is 24.1 Å². The Bertz CT molecular complexity index is 873. The summed E-state index contributed by atoms with van der Waals surface area (Å²) in [6.07, 6.45) is 4.90. The van der Waals surface area contributed by atoms with Gasteiger partial charge in [-0.15, -0.1) is 0 Å². The lowest BCUT2D eigenvalue weighted by molar-refractivity contribution is -0.113. The van der Waals surface area contributed by atoms with Crippen LogP contribution < -0.4 is 10.1 Å². The molecule has 3 aromatic rings. The maximum atomic E-state index is 12.1. The zero-order valence-corrected chi connectivity index (χ0v) is 14.8. The normalized spacial score (nSPS) is 10.5. The van der Waals surface area contributed by atoms with E-state index in [4.69, 9.17) is 16.3 Å². The van der Waals surface area contributed by atoms with Gasteiger partial charge in [-0.2, -0.15) is 5.10 Å². The minimum absolute atomic E-state index is 0.162. The number of rotatable bonds is 6. The second kappa shape index (κ2) is 8.00. The van der Waals surface area contributed by atoms with Gasteiger partial charge in [0.15, 0.2) is 5.82 Å². The lowest BCUT2D eigenvalue weighted by Crippen LogP contribution is -2.14. The predicted molar refractivity (Wildman–Crippen MR) is 96.5 cm³/mol. The van der Waals surface area contributed by atoms with Crippen molar-refractivity contribution in [3.8, 4) is 11.6 Å². The van der Waals surface area contributed by atoms with Crippen molar-refractivity contribution in [3.05, 3.63) is 54.1 Å². The Morgan fingerprint density at radius 2 is 2.24 bits per heavy atom. The number of benzene rings is 1. The van der Waals surface area contributed by atoms with E-state index in [1.165, 1.54) is 25.2 Å². The molecule has 2 aromatic heterocycles. The van der Waals surface area contributed by atoms with Crippen LogP contribution in [0.2, 0.25) is 5.02 Å². The largest absolute Gasteiger partial charge is 0.495 e. The van der Waals surface area contributed by atoms with E-state index >= 15 is 0 Å². The van der Waals surface area contributed by atoms with Gasteiger partial charge >= 0.3 is 0 Å². The Hall–Kier alpha value is -2.58. The highest BCUT2D eigenvalue weighted by Gasteiger charge is 2.08. The standard InChI is InChI=1S/C16H14ClN5O2S/c1-24-13-4-3-11(7-12(13)17)21-15(23)9-25-16-8-14(18-10-19-16)22-6-2-5-20-22/h2-8,10H,9H2,1H3,(H,21,23). The van der Waals surface area contributed by atoms with Crippen molar-refractivity contribution in [2.24, 2.45) is 0 Å². The summed E-state index contributed by atoms with van der Waals surface area (Å²) >= 11 is 7.35. The Balaban J connectivity index is 1.59. The summed E-state index contributed by atoms with van der Waals surface area (Å²) in [5, 5.41) is 8.02. The van der Waals surface area contributed by atoms with Crippen molar-refractivity contribution < 1.29 is 9.53 Å². The summed E-state index contributed by atoms with van der Waals surface area (Å²) in [5.41, 5.74) is 0.608. The smallest absolute Gasteiger partial charge is 0.234 e. The predicted octanol–water partition coefficient (Wildman–Crippen LogP) is 3.06. The molecule has 0 saturated heterocycles. The van der Waals surface area contributed by atoms with Crippen LogP contribution in [-0.2, 0) is 4.79 Å². The van der Waals surface area contributed by atoms with Crippen LogP contribution in [0, 0.1) is 0 Å². The summed E-state index contributed by atoms with van der Waals surface area (Å²) in [6, 6.07) is 8.65. The number of halogens is 1. The molecule has 0 aliphatic rings. The Kier molecular flexibility index (Phi) is 5.52. The summed E-state index contributed by atoms with van der Waals surface area (Å²) < 4.78 is 6.71. The quantitative estimate of drug-likeness (QED) is 0.526. The number of anilines is 1. The molecule has 0 unspecified atom stereocenters. The van der Waals surface area contributed by atoms with Crippen molar-refractivity contribution in [2.75, 3.05) is 18.2 Å².